The molecule has 5 nitrogen and oxygen atoms in total. The first-order chi connectivity index (χ1) is 12.4. The van der Waals surface area contributed by atoms with Gasteiger partial charge in [-0.05, 0) is 76.2 Å². The van der Waals surface area contributed by atoms with Crippen molar-refractivity contribution >= 4 is 17.8 Å². The number of nitrogens with zero attached hydrogens (tertiary/aromatic N) is 2. The normalized spacial score (nSPS) is 32.3. The van der Waals surface area contributed by atoms with Gasteiger partial charge in [0.15, 0.2) is 12.4 Å². The van der Waals surface area contributed by atoms with Crippen LogP contribution in [0.15, 0.2) is 6.08 Å². The molecule has 0 amide bonds. The highest BCUT2D eigenvalue weighted by molar-refractivity contribution is 5.92. The number of aryl methyl sites for hydroxylation is 2. The molecule has 4 aliphatic rings. The maximum Gasteiger partial charge on any atom is 0.331 e. The molecule has 0 N–H and O–H groups in total. The molecule has 4 aliphatic carbocycles. The number of hydrogen-bond acceptors (Lipinski definition) is 4. The van der Waals surface area contributed by atoms with E-state index >= 15 is 0 Å². The summed E-state index contributed by atoms with van der Waals surface area (Å²) in [6.45, 7) is 3.79. The van der Waals surface area contributed by atoms with Gasteiger partial charge in [-0.25, -0.2) is 4.79 Å². The molecule has 5 rings (SSSR count). The first kappa shape index (κ1) is 17.5. The Morgan fingerprint density at radius 2 is 1.73 bits per heavy atom. The van der Waals surface area contributed by atoms with Crippen molar-refractivity contribution in [3.63, 3.8) is 0 Å². The molecule has 1 aromatic heterocycles. The van der Waals surface area contributed by atoms with Crippen molar-refractivity contribution in [2.24, 2.45) is 30.2 Å². The van der Waals surface area contributed by atoms with Crippen molar-refractivity contribution < 1.29 is 14.3 Å². The van der Waals surface area contributed by atoms with Crippen molar-refractivity contribution in [3.05, 3.63) is 23.0 Å². The highest BCUT2D eigenvalue weighted by Gasteiger charge is 2.54. The molecule has 5 heteroatoms. The summed E-state index contributed by atoms with van der Waals surface area (Å²) in [4.78, 5) is 25.0. The molecular formula is C21H28N2O3. The molecule has 0 aromatic carbocycles. The van der Waals surface area contributed by atoms with Crippen molar-refractivity contribution in [1.82, 2.24) is 9.78 Å². The fourth-order valence-electron chi connectivity index (χ4n) is 5.97. The summed E-state index contributed by atoms with van der Waals surface area (Å²) in [5, 5.41) is 4.33. The average molecular weight is 356 g/mol. The highest BCUT2D eigenvalue weighted by Crippen LogP contribution is 2.60. The number of carbonyl (C=O) groups excluding carboxylic acids is 2. The van der Waals surface area contributed by atoms with Gasteiger partial charge < -0.3 is 4.74 Å². The van der Waals surface area contributed by atoms with Crippen molar-refractivity contribution in [2.45, 2.75) is 52.4 Å². The molecule has 26 heavy (non-hydrogen) atoms. The van der Waals surface area contributed by atoms with Crippen LogP contribution in [-0.4, -0.2) is 28.1 Å². The molecule has 0 unspecified atom stereocenters. The second-order valence-corrected chi connectivity index (χ2v) is 8.77. The van der Waals surface area contributed by atoms with Gasteiger partial charge in [0, 0.05) is 29.8 Å². The Morgan fingerprint density at radius 1 is 1.15 bits per heavy atom. The molecule has 140 valence electrons. The largest absolute Gasteiger partial charge is 0.455 e. The van der Waals surface area contributed by atoms with Crippen LogP contribution in [0.1, 0.15) is 55.5 Å². The maximum absolute atomic E-state index is 12.9. The van der Waals surface area contributed by atoms with Gasteiger partial charge in [-0.15, -0.1) is 0 Å². The van der Waals surface area contributed by atoms with E-state index in [4.69, 9.17) is 4.74 Å². The van der Waals surface area contributed by atoms with Gasteiger partial charge in [-0.2, -0.15) is 5.10 Å². The molecule has 0 atom stereocenters. The Balaban J connectivity index is 1.36. The van der Waals surface area contributed by atoms with Gasteiger partial charge in [0.1, 0.15) is 0 Å². The maximum atomic E-state index is 12.9. The van der Waals surface area contributed by atoms with Gasteiger partial charge in [0.05, 0.1) is 5.69 Å². The molecule has 0 saturated heterocycles. The number of ketones is 1. The van der Waals surface area contributed by atoms with Crippen molar-refractivity contribution in [2.75, 3.05) is 6.61 Å². The van der Waals surface area contributed by atoms with E-state index < -0.39 is 5.97 Å². The Bertz CT molecular complexity index is 739. The molecule has 0 aliphatic heterocycles. The number of esters is 1. The molecule has 0 radical (unpaired) electrons. The lowest BCUT2D eigenvalue weighted by molar-refractivity contribution is -0.155. The van der Waals surface area contributed by atoms with E-state index in [1.807, 2.05) is 20.9 Å². The number of ether oxygens (including phenoxy) is 1. The summed E-state index contributed by atoms with van der Waals surface area (Å²) < 4.78 is 7.09. The number of rotatable bonds is 5. The van der Waals surface area contributed by atoms with Crippen molar-refractivity contribution in [1.29, 1.82) is 0 Å². The summed E-state index contributed by atoms with van der Waals surface area (Å²) in [7, 11) is 1.88. The minimum atomic E-state index is -0.453. The van der Waals surface area contributed by atoms with Crippen LogP contribution >= 0.6 is 0 Å². The summed E-state index contributed by atoms with van der Waals surface area (Å²) in [6.07, 6.45) is 10.1. The van der Waals surface area contributed by atoms with Crippen LogP contribution < -0.4 is 0 Å². The zero-order chi connectivity index (χ0) is 18.5. The fourth-order valence-corrected chi connectivity index (χ4v) is 5.97. The predicted octanol–water partition coefficient (Wildman–Crippen LogP) is 3.38. The van der Waals surface area contributed by atoms with Crippen LogP contribution in [0.4, 0.5) is 0 Å². The monoisotopic (exact) mass is 356 g/mol. The molecule has 1 aromatic rings. The second-order valence-electron chi connectivity index (χ2n) is 8.77. The summed E-state index contributed by atoms with van der Waals surface area (Å²) in [6, 6.07) is 0. The van der Waals surface area contributed by atoms with Crippen LogP contribution in [0.2, 0.25) is 0 Å². The van der Waals surface area contributed by atoms with Crippen LogP contribution in [-0.2, 0) is 21.4 Å². The van der Waals surface area contributed by atoms with Gasteiger partial charge in [-0.1, -0.05) is 0 Å². The lowest BCUT2D eigenvalue weighted by Gasteiger charge is -2.55. The van der Waals surface area contributed by atoms with Gasteiger partial charge >= 0.3 is 5.97 Å². The second kappa shape index (κ2) is 6.36. The van der Waals surface area contributed by atoms with Crippen LogP contribution in [0.5, 0.6) is 0 Å². The smallest absolute Gasteiger partial charge is 0.331 e. The zero-order valence-corrected chi connectivity index (χ0v) is 16.0. The minimum Gasteiger partial charge on any atom is -0.455 e. The Hall–Kier alpha value is -1.91. The number of hydrogen-bond donors (Lipinski definition) is 0. The zero-order valence-electron chi connectivity index (χ0n) is 16.0. The van der Waals surface area contributed by atoms with Crippen molar-refractivity contribution in [3.8, 4) is 0 Å². The van der Waals surface area contributed by atoms with E-state index in [2.05, 4.69) is 5.10 Å². The lowest BCUT2D eigenvalue weighted by atomic mass is 9.48. The summed E-state index contributed by atoms with van der Waals surface area (Å²) in [5.41, 5.74) is 2.60. The van der Waals surface area contributed by atoms with E-state index in [-0.39, 0.29) is 17.8 Å². The first-order valence-electron chi connectivity index (χ1n) is 9.74. The van der Waals surface area contributed by atoms with Crippen LogP contribution in [0, 0.1) is 37.0 Å². The Labute approximate surface area is 154 Å². The summed E-state index contributed by atoms with van der Waals surface area (Å²) in [5.74, 6) is 1.85. The van der Waals surface area contributed by atoms with E-state index in [1.54, 1.807) is 10.8 Å². The van der Waals surface area contributed by atoms with Gasteiger partial charge in [0.25, 0.3) is 0 Å². The van der Waals surface area contributed by atoms with E-state index in [1.165, 1.54) is 25.3 Å². The van der Waals surface area contributed by atoms with Gasteiger partial charge in [0.2, 0.25) is 0 Å². The average Bonchev–Trinajstić information content (AvgIpc) is 2.81. The third-order valence-corrected chi connectivity index (χ3v) is 6.93. The van der Waals surface area contributed by atoms with E-state index in [9.17, 15) is 9.59 Å². The van der Waals surface area contributed by atoms with Crippen LogP contribution in [0.25, 0.3) is 6.08 Å². The topological polar surface area (TPSA) is 61.2 Å². The number of Topliss-reactive ketones (excluding diaryl/α,β-unsaturated/α-hetero) is 1. The fraction of sp³-hybridized carbons (Fsp3) is 0.667. The molecule has 1 heterocycles. The van der Waals surface area contributed by atoms with E-state index in [0.717, 1.165) is 54.0 Å². The SMILES string of the molecule is Cc1nn(C)c(C)c1C=CC(=O)OCC(=O)C12CC3CC(CC(C3)C1)C2. The van der Waals surface area contributed by atoms with Gasteiger partial charge in [-0.3, -0.25) is 9.48 Å². The molecule has 4 bridgehead atoms. The number of aromatic nitrogens is 2. The summed E-state index contributed by atoms with van der Waals surface area (Å²) >= 11 is 0. The number of carbonyl (C=O) groups is 2. The lowest BCUT2D eigenvalue weighted by Crippen LogP contribution is -2.51. The Morgan fingerprint density at radius 3 is 2.23 bits per heavy atom. The van der Waals surface area contributed by atoms with Crippen LogP contribution in [0.3, 0.4) is 0 Å². The standard InChI is InChI=1S/C21H28N2O3/c1-13-18(14(2)23(3)22-13)4-5-20(25)26-12-19(24)21-9-15-6-16(10-21)8-17(7-15)11-21/h4-5,15-17H,6-12H2,1-3H3. The molecule has 0 spiro atoms. The minimum absolute atomic E-state index is 0.0830. The molecule has 4 fully saturated rings. The predicted molar refractivity (Wildman–Crippen MR) is 98.3 cm³/mol. The molecule has 4 saturated carbocycles. The third kappa shape index (κ3) is 3.01. The molecular weight excluding hydrogens is 328 g/mol. The van der Waals surface area contributed by atoms with E-state index in [0.29, 0.717) is 0 Å². The highest BCUT2D eigenvalue weighted by atomic mass is 16.5. The quantitative estimate of drug-likeness (QED) is 0.599. The Kier molecular flexibility index (Phi) is 4.28. The third-order valence-electron chi connectivity index (χ3n) is 6.93. The first-order valence-corrected chi connectivity index (χ1v) is 9.74.